The van der Waals surface area contributed by atoms with Gasteiger partial charge in [-0.2, -0.15) is 0 Å². The molecule has 0 saturated heterocycles. The molecule has 0 spiro atoms. The number of hydrogen-bond acceptors (Lipinski definition) is 2. The molecule has 0 heterocycles. The van der Waals surface area contributed by atoms with E-state index in [4.69, 9.17) is 5.11 Å². The number of aliphatic carboxylic acids is 1. The van der Waals surface area contributed by atoms with Crippen LogP contribution in [0.25, 0.3) is 0 Å². The van der Waals surface area contributed by atoms with E-state index in [0.29, 0.717) is 0 Å². The minimum absolute atomic E-state index is 0. The van der Waals surface area contributed by atoms with Crippen LogP contribution in [0.15, 0.2) is 0 Å². The summed E-state index contributed by atoms with van der Waals surface area (Å²) < 4.78 is 10.2. The first-order valence-corrected chi connectivity index (χ1v) is 3.87. The Labute approximate surface area is 87.0 Å². The Bertz CT molecular complexity index is 85.9. The van der Waals surface area contributed by atoms with Crippen LogP contribution in [0.5, 0.6) is 0 Å². The van der Waals surface area contributed by atoms with Gasteiger partial charge in [0.05, 0.1) is 12.7 Å². The number of carboxylic acid groups (broad SMARTS) is 1. The molecule has 0 amide bonds. The van der Waals surface area contributed by atoms with Gasteiger partial charge in [-0.1, -0.05) is 11.2 Å². The van der Waals surface area contributed by atoms with Gasteiger partial charge in [0.15, 0.2) is 0 Å². The summed E-state index contributed by atoms with van der Waals surface area (Å²) in [5.74, 6) is -0.629. The van der Waals surface area contributed by atoms with Crippen molar-refractivity contribution in [1.82, 2.24) is 0 Å². The van der Waals surface area contributed by atoms with Gasteiger partial charge in [-0.15, -0.1) is 0 Å². The van der Waals surface area contributed by atoms with E-state index in [1.54, 1.807) is 0 Å². The van der Waals surface area contributed by atoms with Gasteiger partial charge in [-0.05, 0) is 0 Å². The summed E-state index contributed by atoms with van der Waals surface area (Å²) in [7, 11) is 0. The van der Waals surface area contributed by atoms with Crippen molar-refractivity contribution in [3.8, 4) is 0 Å². The molecule has 1 N–H and O–H groups in total. The van der Waals surface area contributed by atoms with Crippen molar-refractivity contribution in [2.24, 2.45) is 0 Å². The second-order valence-electron chi connectivity index (χ2n) is 1.42. The first-order chi connectivity index (χ1) is 3.63. The average Bonchev–Trinajstić information content (AvgIpc) is 1.61. The van der Waals surface area contributed by atoms with E-state index in [1.165, 1.54) is 6.26 Å². The van der Waals surface area contributed by atoms with Crippen LogP contribution >= 0.6 is 0 Å². The molecular formula is C4H10CaO3S. The molecule has 0 rings (SSSR count). The van der Waals surface area contributed by atoms with Gasteiger partial charge in [0.25, 0.3) is 0 Å². The second-order valence-corrected chi connectivity index (χ2v) is 2.98. The topological polar surface area (TPSA) is 60.4 Å². The summed E-state index contributed by atoms with van der Waals surface area (Å²) >= 11 is -0.967. The van der Waals surface area contributed by atoms with Crippen LogP contribution in [0.1, 0.15) is 6.42 Å². The van der Waals surface area contributed by atoms with Crippen LogP contribution in [-0.4, -0.2) is 65.4 Å². The zero-order valence-electron chi connectivity index (χ0n) is 4.59. The fourth-order valence-corrected chi connectivity index (χ4v) is 0.693. The molecule has 0 aromatic heterocycles. The van der Waals surface area contributed by atoms with Crippen LogP contribution in [0.2, 0.25) is 0 Å². The Kier molecular flexibility index (Phi) is 10.1. The van der Waals surface area contributed by atoms with E-state index in [0.717, 1.165) is 0 Å². The van der Waals surface area contributed by atoms with Crippen molar-refractivity contribution in [3.05, 3.63) is 0 Å². The maximum atomic E-state index is 10.2. The van der Waals surface area contributed by atoms with E-state index in [-0.39, 0.29) is 49.9 Å². The van der Waals surface area contributed by atoms with E-state index in [2.05, 4.69) is 0 Å². The first-order valence-electron chi connectivity index (χ1n) is 2.14. The summed E-state index contributed by atoms with van der Waals surface area (Å²) in [6.07, 6.45) is 1.49. The van der Waals surface area contributed by atoms with Crippen LogP contribution in [0, 0.1) is 0 Å². The van der Waals surface area contributed by atoms with Crippen molar-refractivity contribution >= 4 is 54.9 Å². The molecule has 5 heteroatoms. The van der Waals surface area contributed by atoms with E-state index in [9.17, 15) is 9.35 Å². The van der Waals surface area contributed by atoms with Gasteiger partial charge in [-0.3, -0.25) is 4.79 Å². The Hall–Kier alpha value is 1.04. The molecule has 0 aliphatic rings. The van der Waals surface area contributed by atoms with Gasteiger partial charge in [0.2, 0.25) is 0 Å². The molecular weight excluding hydrogens is 168 g/mol. The number of carbonyl (C=O) groups is 1. The molecule has 0 saturated carbocycles. The fraction of sp³-hybridized carbons (Fsp3) is 0.750. The maximum absolute atomic E-state index is 10.2. The standard InChI is InChI=1S/C4H8O3S.Ca.2H/c1-8(7)3-2-4(5)6;;;/h2-3H2,1H3,(H,5,6);;;. The molecule has 9 heavy (non-hydrogen) atoms. The van der Waals surface area contributed by atoms with Crippen LogP contribution in [-0.2, 0) is 16.0 Å². The van der Waals surface area contributed by atoms with Crippen molar-refractivity contribution in [2.75, 3.05) is 12.0 Å². The Morgan fingerprint density at radius 3 is 2.33 bits per heavy atom. The van der Waals surface area contributed by atoms with Gasteiger partial charge in [0.1, 0.15) is 5.75 Å². The second kappa shape index (κ2) is 7.15. The third-order valence-corrected chi connectivity index (χ3v) is 1.38. The molecule has 1 atom stereocenters. The predicted octanol–water partition coefficient (Wildman–Crippen LogP) is -1.08. The van der Waals surface area contributed by atoms with E-state index in [1.807, 2.05) is 0 Å². The monoisotopic (exact) mass is 178 g/mol. The van der Waals surface area contributed by atoms with Crippen molar-refractivity contribution < 1.29 is 14.5 Å². The Morgan fingerprint density at radius 1 is 1.78 bits per heavy atom. The molecule has 0 fully saturated rings. The van der Waals surface area contributed by atoms with Crippen LogP contribution < -0.4 is 0 Å². The molecule has 0 aromatic carbocycles. The summed E-state index contributed by atoms with van der Waals surface area (Å²) in [6.45, 7) is 0. The molecule has 0 aliphatic heterocycles. The fourth-order valence-electron chi connectivity index (χ4n) is 0.231. The molecule has 0 aliphatic carbocycles. The molecule has 0 aromatic rings. The molecule has 1 unspecified atom stereocenters. The van der Waals surface area contributed by atoms with Crippen LogP contribution in [0.3, 0.4) is 0 Å². The minimum atomic E-state index is -0.967. The summed E-state index contributed by atoms with van der Waals surface area (Å²) in [4.78, 5) is 9.77. The van der Waals surface area contributed by atoms with Gasteiger partial charge >= 0.3 is 43.7 Å². The quantitative estimate of drug-likeness (QED) is 0.442. The van der Waals surface area contributed by atoms with E-state index < -0.39 is 17.1 Å². The summed E-state index contributed by atoms with van der Waals surface area (Å²) in [5, 5.41) is 8.03. The molecule has 3 nitrogen and oxygen atoms in total. The normalized spacial score (nSPS) is 11.8. The molecule has 52 valence electrons. The Balaban J connectivity index is 0. The third-order valence-electron chi connectivity index (χ3n) is 0.603. The first kappa shape index (κ1) is 12.7. The summed E-state index contributed by atoms with van der Waals surface area (Å²) in [6, 6.07) is 0. The molecule has 0 bridgehead atoms. The Morgan fingerprint density at radius 2 is 2.22 bits per heavy atom. The van der Waals surface area contributed by atoms with Crippen LogP contribution in [0.4, 0.5) is 0 Å². The number of hydrogen-bond donors (Lipinski definition) is 1. The van der Waals surface area contributed by atoms with Gasteiger partial charge < -0.3 is 9.66 Å². The van der Waals surface area contributed by atoms with Gasteiger partial charge in [-0.25, -0.2) is 0 Å². The zero-order chi connectivity index (χ0) is 6.57. The number of rotatable bonds is 3. The number of carboxylic acids is 1. The summed E-state index contributed by atoms with van der Waals surface area (Å²) in [5.41, 5.74) is 0. The SMILES string of the molecule is C[S+]([O-])CCC(=O)O.[CaH2]. The average molecular weight is 178 g/mol. The van der Waals surface area contributed by atoms with Gasteiger partial charge in [0, 0.05) is 0 Å². The molecule has 0 radical (unpaired) electrons. The van der Waals surface area contributed by atoms with E-state index >= 15 is 0 Å². The third kappa shape index (κ3) is 12.3. The predicted molar refractivity (Wildman–Crippen MR) is 39.7 cm³/mol. The van der Waals surface area contributed by atoms with Crippen molar-refractivity contribution in [2.45, 2.75) is 6.42 Å². The van der Waals surface area contributed by atoms with Crippen molar-refractivity contribution in [3.63, 3.8) is 0 Å². The van der Waals surface area contributed by atoms with Crippen molar-refractivity contribution in [1.29, 1.82) is 0 Å². The zero-order valence-corrected chi connectivity index (χ0v) is 5.40.